The molecule has 1 fully saturated rings. The van der Waals surface area contributed by atoms with Crippen molar-refractivity contribution in [1.29, 1.82) is 0 Å². The minimum atomic E-state index is 0. The van der Waals surface area contributed by atoms with Crippen molar-refractivity contribution in [2.75, 3.05) is 40.0 Å². The fourth-order valence-corrected chi connectivity index (χ4v) is 2.93. The first-order valence-corrected chi connectivity index (χ1v) is 9.38. The van der Waals surface area contributed by atoms with Crippen molar-refractivity contribution >= 4 is 29.9 Å². The minimum Gasteiger partial charge on any atom is -0.381 e. The average molecular weight is 475 g/mol. The highest BCUT2D eigenvalue weighted by atomic mass is 127. The van der Waals surface area contributed by atoms with E-state index in [1.54, 1.807) is 0 Å². The van der Waals surface area contributed by atoms with Gasteiger partial charge < -0.3 is 20.1 Å². The lowest BCUT2D eigenvalue weighted by atomic mass is 9.94. The van der Waals surface area contributed by atoms with Gasteiger partial charge in [0.2, 0.25) is 0 Å². The lowest BCUT2D eigenvalue weighted by Crippen LogP contribution is -2.44. The van der Waals surface area contributed by atoms with Crippen molar-refractivity contribution < 1.29 is 9.47 Å². The molecule has 5 nitrogen and oxygen atoms in total. The summed E-state index contributed by atoms with van der Waals surface area (Å²) in [6.45, 7) is 8.62. The normalized spacial score (nSPS) is 19.5. The molecule has 1 aromatic rings. The predicted molar refractivity (Wildman–Crippen MR) is 119 cm³/mol. The molecular weight excluding hydrogens is 441 g/mol. The van der Waals surface area contributed by atoms with Crippen molar-refractivity contribution in [2.24, 2.45) is 10.9 Å². The van der Waals surface area contributed by atoms with Crippen LogP contribution in [0.2, 0.25) is 0 Å². The smallest absolute Gasteiger partial charge is 0.191 e. The predicted octanol–water partition coefficient (Wildman–Crippen LogP) is 3.40. The van der Waals surface area contributed by atoms with Crippen molar-refractivity contribution in [3.05, 3.63) is 35.9 Å². The van der Waals surface area contributed by atoms with Crippen LogP contribution >= 0.6 is 24.0 Å². The monoisotopic (exact) mass is 475 g/mol. The molecular formula is C20H34IN3O2. The maximum absolute atomic E-state index is 5.73. The first-order chi connectivity index (χ1) is 12.2. The van der Waals surface area contributed by atoms with E-state index in [-0.39, 0.29) is 24.0 Å². The maximum Gasteiger partial charge on any atom is 0.191 e. The van der Waals surface area contributed by atoms with Crippen LogP contribution < -0.4 is 10.6 Å². The van der Waals surface area contributed by atoms with E-state index in [4.69, 9.17) is 9.47 Å². The Kier molecular flexibility index (Phi) is 11.9. The lowest BCUT2D eigenvalue weighted by Gasteiger charge is -2.24. The SMILES string of the molecule is CN=C(NCCCOCC1CCOC1)NC(C)C(C)c1ccccc1.I. The highest BCUT2D eigenvalue weighted by Crippen LogP contribution is 2.18. The Morgan fingerprint density at radius 3 is 2.73 bits per heavy atom. The zero-order valence-corrected chi connectivity index (χ0v) is 18.6. The summed E-state index contributed by atoms with van der Waals surface area (Å²) in [6, 6.07) is 10.9. The largest absolute Gasteiger partial charge is 0.381 e. The van der Waals surface area contributed by atoms with E-state index >= 15 is 0 Å². The van der Waals surface area contributed by atoms with Crippen LogP contribution in [0.3, 0.4) is 0 Å². The number of nitrogens with zero attached hydrogens (tertiary/aromatic N) is 1. The number of benzene rings is 1. The molecule has 3 unspecified atom stereocenters. The van der Waals surface area contributed by atoms with Crippen LogP contribution in [0, 0.1) is 5.92 Å². The van der Waals surface area contributed by atoms with Gasteiger partial charge in [0.25, 0.3) is 0 Å². The molecule has 26 heavy (non-hydrogen) atoms. The Morgan fingerprint density at radius 2 is 2.08 bits per heavy atom. The lowest BCUT2D eigenvalue weighted by molar-refractivity contribution is 0.0888. The number of aliphatic imine (C=N–C) groups is 1. The number of ether oxygens (including phenoxy) is 2. The summed E-state index contributed by atoms with van der Waals surface area (Å²) in [5.74, 6) is 1.85. The second kappa shape index (κ2) is 13.3. The van der Waals surface area contributed by atoms with E-state index in [1.165, 1.54) is 5.56 Å². The van der Waals surface area contributed by atoms with Gasteiger partial charge in [0.05, 0.1) is 13.2 Å². The second-order valence-corrected chi connectivity index (χ2v) is 6.79. The van der Waals surface area contributed by atoms with E-state index in [0.717, 1.165) is 51.8 Å². The van der Waals surface area contributed by atoms with Crippen LogP contribution in [0.1, 0.15) is 38.2 Å². The first-order valence-electron chi connectivity index (χ1n) is 9.38. The Labute approximate surface area is 175 Å². The zero-order chi connectivity index (χ0) is 17.9. The van der Waals surface area contributed by atoms with Crippen LogP contribution in [0.25, 0.3) is 0 Å². The number of hydrogen-bond acceptors (Lipinski definition) is 3. The molecule has 1 heterocycles. The highest BCUT2D eigenvalue weighted by Gasteiger charge is 2.16. The Bertz CT molecular complexity index is 507. The van der Waals surface area contributed by atoms with Gasteiger partial charge in [-0.05, 0) is 25.3 Å². The molecule has 1 saturated heterocycles. The minimum absolute atomic E-state index is 0. The summed E-state index contributed by atoms with van der Waals surface area (Å²) < 4.78 is 11.1. The van der Waals surface area contributed by atoms with Gasteiger partial charge in [0, 0.05) is 44.7 Å². The molecule has 6 heteroatoms. The zero-order valence-electron chi connectivity index (χ0n) is 16.2. The van der Waals surface area contributed by atoms with E-state index < -0.39 is 0 Å². The van der Waals surface area contributed by atoms with Gasteiger partial charge in [-0.1, -0.05) is 37.3 Å². The number of guanidine groups is 1. The van der Waals surface area contributed by atoms with Crippen LogP contribution in [-0.2, 0) is 9.47 Å². The maximum atomic E-state index is 5.73. The third-order valence-electron chi connectivity index (χ3n) is 4.80. The summed E-state index contributed by atoms with van der Waals surface area (Å²) in [6.07, 6.45) is 2.10. The topological polar surface area (TPSA) is 54.9 Å². The summed E-state index contributed by atoms with van der Waals surface area (Å²) in [4.78, 5) is 4.32. The third kappa shape index (κ3) is 8.22. The molecule has 0 amide bonds. The van der Waals surface area contributed by atoms with Crippen LogP contribution in [-0.4, -0.2) is 52.0 Å². The van der Waals surface area contributed by atoms with Gasteiger partial charge >= 0.3 is 0 Å². The van der Waals surface area contributed by atoms with Crippen molar-refractivity contribution in [2.45, 2.75) is 38.6 Å². The molecule has 1 aliphatic rings. The molecule has 0 spiro atoms. The van der Waals surface area contributed by atoms with Crippen molar-refractivity contribution in [3.8, 4) is 0 Å². The Morgan fingerprint density at radius 1 is 1.31 bits per heavy atom. The third-order valence-corrected chi connectivity index (χ3v) is 4.80. The summed E-state index contributed by atoms with van der Waals surface area (Å²) in [5, 5.41) is 6.85. The van der Waals surface area contributed by atoms with E-state index in [2.05, 4.69) is 59.8 Å². The quantitative estimate of drug-likeness (QED) is 0.249. The molecule has 2 rings (SSSR count). The first kappa shape index (κ1) is 23.2. The van der Waals surface area contributed by atoms with Gasteiger partial charge in [-0.3, -0.25) is 4.99 Å². The van der Waals surface area contributed by atoms with E-state index in [9.17, 15) is 0 Å². The molecule has 2 N–H and O–H groups in total. The van der Waals surface area contributed by atoms with Gasteiger partial charge in [0.1, 0.15) is 0 Å². The van der Waals surface area contributed by atoms with Gasteiger partial charge in [-0.2, -0.15) is 0 Å². The number of nitrogens with one attached hydrogen (secondary N) is 2. The van der Waals surface area contributed by atoms with E-state index in [1.807, 2.05) is 7.05 Å². The van der Waals surface area contributed by atoms with Crippen LogP contribution in [0.4, 0.5) is 0 Å². The standard InChI is InChI=1S/C20H33N3O2.HI/c1-16(19-8-5-4-6-9-19)17(2)23-20(21-3)22-11-7-12-24-14-18-10-13-25-15-18;/h4-6,8-9,16-18H,7,10-15H2,1-3H3,(H2,21,22,23);1H. The Hall–Kier alpha value is -0.860. The molecule has 0 aromatic heterocycles. The fourth-order valence-electron chi connectivity index (χ4n) is 2.93. The van der Waals surface area contributed by atoms with Crippen molar-refractivity contribution in [3.63, 3.8) is 0 Å². The summed E-state index contributed by atoms with van der Waals surface area (Å²) in [7, 11) is 1.81. The highest BCUT2D eigenvalue weighted by molar-refractivity contribution is 14.0. The van der Waals surface area contributed by atoms with Gasteiger partial charge in [-0.15, -0.1) is 24.0 Å². The fraction of sp³-hybridized carbons (Fsp3) is 0.650. The Balaban J connectivity index is 0.00000338. The molecule has 0 radical (unpaired) electrons. The van der Waals surface area contributed by atoms with Crippen molar-refractivity contribution in [1.82, 2.24) is 10.6 Å². The molecule has 0 aliphatic carbocycles. The van der Waals surface area contributed by atoms with Gasteiger partial charge in [-0.25, -0.2) is 0 Å². The molecule has 0 bridgehead atoms. The second-order valence-electron chi connectivity index (χ2n) is 6.79. The molecule has 1 aliphatic heterocycles. The van der Waals surface area contributed by atoms with E-state index in [0.29, 0.717) is 17.9 Å². The number of hydrogen-bond donors (Lipinski definition) is 2. The summed E-state index contributed by atoms with van der Waals surface area (Å²) >= 11 is 0. The molecule has 0 saturated carbocycles. The van der Waals surface area contributed by atoms with Gasteiger partial charge in [0.15, 0.2) is 5.96 Å². The van der Waals surface area contributed by atoms with Crippen LogP contribution in [0.15, 0.2) is 35.3 Å². The summed E-state index contributed by atoms with van der Waals surface area (Å²) in [5.41, 5.74) is 1.34. The molecule has 1 aromatic carbocycles. The molecule has 148 valence electrons. The average Bonchev–Trinajstić information content (AvgIpc) is 3.16. The number of halogens is 1. The number of rotatable bonds is 9. The molecule has 3 atom stereocenters. The van der Waals surface area contributed by atoms with Crippen LogP contribution in [0.5, 0.6) is 0 Å².